The van der Waals surface area contributed by atoms with Crippen LogP contribution in [0.2, 0.25) is 0 Å². The smallest absolute Gasteiger partial charge is 0.319 e. The molecule has 0 aliphatic rings. The lowest BCUT2D eigenvalue weighted by Crippen LogP contribution is -2.34. The topological polar surface area (TPSA) is 87.7 Å². The zero-order valence-electron chi connectivity index (χ0n) is 13.5. The number of hydrogen-bond acceptors (Lipinski definition) is 4. The Balaban J connectivity index is 3.18. The van der Waals surface area contributed by atoms with Crippen LogP contribution in [0.1, 0.15) is 20.8 Å². The fourth-order valence-electron chi connectivity index (χ4n) is 1.68. The molecule has 2 N–H and O–H groups in total. The van der Waals surface area contributed by atoms with Crippen LogP contribution in [0.5, 0.6) is 5.75 Å². The van der Waals surface area contributed by atoms with Gasteiger partial charge in [-0.25, -0.2) is 17.5 Å². The van der Waals surface area contributed by atoms with Gasteiger partial charge in [0.2, 0.25) is 10.0 Å². The zero-order chi connectivity index (χ0) is 16.9. The van der Waals surface area contributed by atoms with Crippen LogP contribution >= 0.6 is 0 Å². The summed E-state index contributed by atoms with van der Waals surface area (Å²) in [6.45, 7) is 5.87. The molecule has 1 aromatic rings. The van der Waals surface area contributed by atoms with E-state index in [9.17, 15) is 13.2 Å². The first kappa shape index (κ1) is 18.2. The molecule has 0 fully saturated rings. The molecular formula is C14H23N3O4S. The van der Waals surface area contributed by atoms with Crippen LogP contribution in [0.3, 0.4) is 0 Å². The third-order valence-corrected chi connectivity index (χ3v) is 4.51. The Labute approximate surface area is 131 Å². The van der Waals surface area contributed by atoms with Crippen molar-refractivity contribution in [2.45, 2.75) is 31.7 Å². The van der Waals surface area contributed by atoms with Crippen LogP contribution in [-0.4, -0.2) is 45.5 Å². The van der Waals surface area contributed by atoms with Crippen molar-refractivity contribution < 1.29 is 17.9 Å². The predicted octanol–water partition coefficient (Wildman–Crippen LogP) is 1.87. The maximum Gasteiger partial charge on any atom is 0.319 e. The minimum absolute atomic E-state index is 0.0377. The van der Waals surface area contributed by atoms with E-state index in [2.05, 4.69) is 10.6 Å². The quantitative estimate of drug-likeness (QED) is 0.834. The van der Waals surface area contributed by atoms with Gasteiger partial charge >= 0.3 is 6.03 Å². The molecule has 0 aromatic heterocycles. The molecule has 0 aliphatic heterocycles. The second-order valence-corrected chi connectivity index (χ2v) is 7.28. The molecule has 0 spiro atoms. The number of sulfonamides is 1. The van der Waals surface area contributed by atoms with E-state index in [1.54, 1.807) is 0 Å². The number of amides is 2. The van der Waals surface area contributed by atoms with E-state index in [1.165, 1.54) is 32.3 Å². The zero-order valence-corrected chi connectivity index (χ0v) is 14.3. The Hall–Kier alpha value is -1.80. The minimum atomic E-state index is -3.58. The van der Waals surface area contributed by atoms with Gasteiger partial charge in [0.15, 0.2) is 0 Å². The summed E-state index contributed by atoms with van der Waals surface area (Å²) in [5.41, 5.74) is 0.308. The summed E-state index contributed by atoms with van der Waals surface area (Å²) in [7, 11) is -0.686. The molecule has 0 aliphatic carbocycles. The summed E-state index contributed by atoms with van der Waals surface area (Å²) < 4.78 is 30.9. The average Bonchev–Trinajstić information content (AvgIpc) is 2.39. The summed E-state index contributed by atoms with van der Waals surface area (Å²) in [6, 6.07) is 3.91. The number of ether oxygens (including phenoxy) is 1. The van der Waals surface area contributed by atoms with E-state index >= 15 is 0 Å². The highest BCUT2D eigenvalue weighted by molar-refractivity contribution is 7.89. The van der Waals surface area contributed by atoms with Crippen molar-refractivity contribution in [2.75, 3.05) is 26.0 Å². The molecule has 7 nitrogen and oxygen atoms in total. The summed E-state index contributed by atoms with van der Waals surface area (Å²) >= 11 is 0. The van der Waals surface area contributed by atoms with Gasteiger partial charge in [0, 0.05) is 20.1 Å². The summed E-state index contributed by atoms with van der Waals surface area (Å²) in [4.78, 5) is 11.9. The second kappa shape index (κ2) is 7.46. The molecule has 0 atom stereocenters. The first-order valence-electron chi connectivity index (χ1n) is 6.95. The van der Waals surface area contributed by atoms with Crippen molar-refractivity contribution in [1.82, 2.24) is 9.62 Å². The standard InChI is InChI=1S/C14H23N3O4S/c1-6-21-13-8-7-11(22(19,20)17(4)5)9-12(13)16-14(18)15-10(2)3/h7-10H,6H2,1-5H3,(H2,15,16,18). The number of carbonyl (C=O) groups is 1. The largest absolute Gasteiger partial charge is 0.492 e. The Morgan fingerprint density at radius 3 is 2.45 bits per heavy atom. The molecule has 0 bridgehead atoms. The third kappa shape index (κ3) is 4.60. The van der Waals surface area contributed by atoms with Crippen LogP contribution in [0.4, 0.5) is 10.5 Å². The molecule has 2 amide bonds. The van der Waals surface area contributed by atoms with Crippen molar-refractivity contribution in [2.24, 2.45) is 0 Å². The molecule has 0 saturated heterocycles. The highest BCUT2D eigenvalue weighted by Crippen LogP contribution is 2.28. The van der Waals surface area contributed by atoms with Crippen molar-refractivity contribution in [1.29, 1.82) is 0 Å². The summed E-state index contributed by atoms with van der Waals surface area (Å²) in [5, 5.41) is 5.30. The lowest BCUT2D eigenvalue weighted by atomic mass is 10.3. The second-order valence-electron chi connectivity index (χ2n) is 5.13. The highest BCUT2D eigenvalue weighted by Gasteiger charge is 2.20. The Morgan fingerprint density at radius 2 is 1.95 bits per heavy atom. The molecule has 8 heteroatoms. The number of rotatable bonds is 6. The van der Waals surface area contributed by atoms with Crippen LogP contribution in [0, 0.1) is 0 Å². The van der Waals surface area contributed by atoms with Gasteiger partial charge in [-0.3, -0.25) is 0 Å². The van der Waals surface area contributed by atoms with E-state index in [1.807, 2.05) is 20.8 Å². The molecule has 0 saturated carbocycles. The van der Waals surface area contributed by atoms with Gasteiger partial charge in [0.1, 0.15) is 5.75 Å². The molecule has 1 aromatic carbocycles. The van der Waals surface area contributed by atoms with Gasteiger partial charge < -0.3 is 15.4 Å². The lowest BCUT2D eigenvalue weighted by molar-refractivity contribution is 0.249. The van der Waals surface area contributed by atoms with Gasteiger partial charge in [0.05, 0.1) is 17.2 Å². The van der Waals surface area contributed by atoms with Crippen molar-refractivity contribution in [3.63, 3.8) is 0 Å². The van der Waals surface area contributed by atoms with Crippen molar-refractivity contribution in [3.05, 3.63) is 18.2 Å². The molecule has 0 radical (unpaired) electrons. The Bertz CT molecular complexity index is 627. The van der Waals surface area contributed by atoms with Gasteiger partial charge in [-0.15, -0.1) is 0 Å². The maximum atomic E-state index is 12.2. The van der Waals surface area contributed by atoms with E-state index in [-0.39, 0.29) is 10.9 Å². The van der Waals surface area contributed by atoms with Crippen LogP contribution in [-0.2, 0) is 10.0 Å². The molecule has 0 unspecified atom stereocenters. The number of benzene rings is 1. The van der Waals surface area contributed by atoms with E-state index in [4.69, 9.17) is 4.74 Å². The number of anilines is 1. The molecule has 124 valence electrons. The molecule has 1 rings (SSSR count). The van der Waals surface area contributed by atoms with Gasteiger partial charge in [-0.2, -0.15) is 0 Å². The Kier molecular flexibility index (Phi) is 6.19. The molecular weight excluding hydrogens is 306 g/mol. The average molecular weight is 329 g/mol. The fourth-order valence-corrected chi connectivity index (χ4v) is 2.61. The maximum absolute atomic E-state index is 12.2. The first-order chi connectivity index (χ1) is 10.2. The Morgan fingerprint density at radius 1 is 1.32 bits per heavy atom. The van der Waals surface area contributed by atoms with Crippen molar-refractivity contribution >= 4 is 21.7 Å². The van der Waals surface area contributed by atoms with Gasteiger partial charge in [-0.05, 0) is 39.0 Å². The van der Waals surface area contributed by atoms with Crippen LogP contribution in [0.15, 0.2) is 23.1 Å². The summed E-state index contributed by atoms with van der Waals surface area (Å²) in [5.74, 6) is 0.416. The first-order valence-corrected chi connectivity index (χ1v) is 8.39. The number of nitrogens with zero attached hydrogens (tertiary/aromatic N) is 1. The molecule has 22 heavy (non-hydrogen) atoms. The monoisotopic (exact) mass is 329 g/mol. The number of urea groups is 1. The third-order valence-electron chi connectivity index (χ3n) is 2.70. The van der Waals surface area contributed by atoms with E-state index in [0.29, 0.717) is 18.0 Å². The fraction of sp³-hybridized carbons (Fsp3) is 0.500. The van der Waals surface area contributed by atoms with Gasteiger partial charge in [-0.1, -0.05) is 0 Å². The van der Waals surface area contributed by atoms with E-state index < -0.39 is 16.1 Å². The number of carbonyl (C=O) groups excluding carboxylic acids is 1. The van der Waals surface area contributed by atoms with Crippen LogP contribution in [0.25, 0.3) is 0 Å². The van der Waals surface area contributed by atoms with Crippen LogP contribution < -0.4 is 15.4 Å². The predicted molar refractivity (Wildman–Crippen MR) is 85.8 cm³/mol. The summed E-state index contributed by atoms with van der Waals surface area (Å²) in [6.07, 6.45) is 0. The minimum Gasteiger partial charge on any atom is -0.492 e. The molecule has 0 heterocycles. The normalized spacial score (nSPS) is 11.6. The van der Waals surface area contributed by atoms with Crippen molar-refractivity contribution in [3.8, 4) is 5.75 Å². The van der Waals surface area contributed by atoms with Gasteiger partial charge in [0.25, 0.3) is 0 Å². The SMILES string of the molecule is CCOc1ccc(S(=O)(=O)N(C)C)cc1NC(=O)NC(C)C. The lowest BCUT2D eigenvalue weighted by Gasteiger charge is -2.16. The number of hydrogen-bond donors (Lipinski definition) is 2. The van der Waals surface area contributed by atoms with E-state index in [0.717, 1.165) is 4.31 Å². The number of nitrogens with one attached hydrogen (secondary N) is 2. The highest BCUT2D eigenvalue weighted by atomic mass is 32.2.